The van der Waals surface area contributed by atoms with E-state index in [0.717, 1.165) is 12.1 Å². The molecule has 0 saturated heterocycles. The van der Waals surface area contributed by atoms with Crippen LogP contribution < -0.4 is 5.32 Å². The molecule has 0 heterocycles. The van der Waals surface area contributed by atoms with Crippen molar-refractivity contribution in [2.24, 2.45) is 5.92 Å². The fourth-order valence-corrected chi connectivity index (χ4v) is 1.99. The second-order valence-electron chi connectivity index (χ2n) is 3.99. The molecule has 0 bridgehead atoms. The number of halogens is 3. The standard InChI is InChI=1S/C12H14Cl2FNO2/c1-6(12(17)18-3)7(2)16-11-9(13)4-8(15)5-10(11)14/h4-7,16H,1-3H3. The molecule has 0 fully saturated rings. The average Bonchev–Trinajstić information content (AvgIpc) is 2.31. The molecule has 3 nitrogen and oxygen atoms in total. The number of carbonyl (C=O) groups is 1. The van der Waals surface area contributed by atoms with Gasteiger partial charge in [0.05, 0.1) is 28.8 Å². The van der Waals surface area contributed by atoms with Gasteiger partial charge in [-0.25, -0.2) is 4.39 Å². The number of methoxy groups -OCH3 is 1. The van der Waals surface area contributed by atoms with E-state index >= 15 is 0 Å². The lowest BCUT2D eigenvalue weighted by Gasteiger charge is -2.21. The van der Waals surface area contributed by atoms with Crippen molar-refractivity contribution in [2.45, 2.75) is 19.9 Å². The van der Waals surface area contributed by atoms with E-state index in [1.54, 1.807) is 13.8 Å². The molecule has 100 valence electrons. The minimum Gasteiger partial charge on any atom is -0.469 e. The monoisotopic (exact) mass is 293 g/mol. The number of carbonyl (C=O) groups excluding carboxylic acids is 1. The molecule has 0 aromatic heterocycles. The quantitative estimate of drug-likeness (QED) is 0.860. The number of esters is 1. The predicted molar refractivity (Wildman–Crippen MR) is 70.7 cm³/mol. The second-order valence-corrected chi connectivity index (χ2v) is 4.80. The molecule has 1 rings (SSSR count). The van der Waals surface area contributed by atoms with Crippen molar-refractivity contribution in [3.8, 4) is 0 Å². The van der Waals surface area contributed by atoms with Crippen molar-refractivity contribution in [1.29, 1.82) is 0 Å². The van der Waals surface area contributed by atoms with Gasteiger partial charge in [-0.2, -0.15) is 0 Å². The molecular weight excluding hydrogens is 280 g/mol. The highest BCUT2D eigenvalue weighted by molar-refractivity contribution is 6.39. The molecule has 1 N–H and O–H groups in total. The molecule has 0 radical (unpaired) electrons. The molecule has 6 heteroatoms. The summed E-state index contributed by atoms with van der Waals surface area (Å²) in [5.41, 5.74) is 0.406. The topological polar surface area (TPSA) is 38.3 Å². The summed E-state index contributed by atoms with van der Waals surface area (Å²) in [6.45, 7) is 3.51. The summed E-state index contributed by atoms with van der Waals surface area (Å²) in [6, 6.07) is 2.06. The summed E-state index contributed by atoms with van der Waals surface area (Å²) in [7, 11) is 1.32. The maximum atomic E-state index is 13.0. The van der Waals surface area contributed by atoms with Crippen LogP contribution in [-0.2, 0) is 9.53 Å². The minimum absolute atomic E-state index is 0.170. The van der Waals surface area contributed by atoms with Crippen LogP contribution in [0.2, 0.25) is 10.0 Å². The molecule has 2 atom stereocenters. The summed E-state index contributed by atoms with van der Waals surface area (Å²) < 4.78 is 17.7. The van der Waals surface area contributed by atoms with Gasteiger partial charge in [-0.05, 0) is 26.0 Å². The first-order valence-corrected chi connectivity index (χ1v) is 6.11. The van der Waals surface area contributed by atoms with E-state index in [1.807, 2.05) is 0 Å². The van der Waals surface area contributed by atoms with Crippen molar-refractivity contribution in [3.63, 3.8) is 0 Å². The smallest absolute Gasteiger partial charge is 0.310 e. The zero-order valence-corrected chi connectivity index (χ0v) is 11.8. The van der Waals surface area contributed by atoms with E-state index in [-0.39, 0.29) is 28.0 Å². The van der Waals surface area contributed by atoms with Crippen LogP contribution in [0, 0.1) is 11.7 Å². The van der Waals surface area contributed by atoms with Gasteiger partial charge in [0.15, 0.2) is 0 Å². The molecule has 0 saturated carbocycles. The lowest BCUT2D eigenvalue weighted by molar-refractivity contribution is -0.145. The maximum Gasteiger partial charge on any atom is 0.310 e. The normalized spacial score (nSPS) is 13.9. The van der Waals surface area contributed by atoms with Gasteiger partial charge in [0.2, 0.25) is 0 Å². The van der Waals surface area contributed by atoms with Crippen LogP contribution in [0.5, 0.6) is 0 Å². The molecule has 1 aromatic rings. The Balaban J connectivity index is 2.88. The van der Waals surface area contributed by atoms with Crippen LogP contribution >= 0.6 is 23.2 Å². The molecule has 0 spiro atoms. The third kappa shape index (κ3) is 3.50. The van der Waals surface area contributed by atoms with Gasteiger partial charge in [-0.15, -0.1) is 0 Å². The predicted octanol–water partition coefficient (Wildman–Crippen LogP) is 3.74. The number of benzene rings is 1. The van der Waals surface area contributed by atoms with E-state index in [9.17, 15) is 9.18 Å². The largest absolute Gasteiger partial charge is 0.469 e. The maximum absolute atomic E-state index is 13.0. The lowest BCUT2D eigenvalue weighted by atomic mass is 10.0. The van der Waals surface area contributed by atoms with E-state index < -0.39 is 5.82 Å². The van der Waals surface area contributed by atoms with Gasteiger partial charge >= 0.3 is 5.97 Å². The summed E-state index contributed by atoms with van der Waals surface area (Å²) >= 11 is 11.8. The SMILES string of the molecule is COC(=O)C(C)C(C)Nc1c(Cl)cc(F)cc1Cl. The molecular formula is C12H14Cl2FNO2. The minimum atomic E-state index is -0.510. The fourth-order valence-electron chi connectivity index (χ4n) is 1.42. The van der Waals surface area contributed by atoms with Gasteiger partial charge < -0.3 is 10.1 Å². The highest BCUT2D eigenvalue weighted by Gasteiger charge is 2.22. The number of ether oxygens (including phenoxy) is 1. The zero-order valence-electron chi connectivity index (χ0n) is 10.3. The van der Waals surface area contributed by atoms with E-state index in [4.69, 9.17) is 23.2 Å². The Hall–Kier alpha value is -1.00. The third-order valence-electron chi connectivity index (χ3n) is 2.70. The molecule has 0 aliphatic heterocycles. The Bertz CT molecular complexity index is 431. The van der Waals surface area contributed by atoms with Gasteiger partial charge in [0.1, 0.15) is 5.82 Å². The van der Waals surface area contributed by atoms with Crippen molar-refractivity contribution in [2.75, 3.05) is 12.4 Å². The first-order chi connectivity index (χ1) is 8.36. The van der Waals surface area contributed by atoms with Crippen LogP contribution in [0.15, 0.2) is 12.1 Å². The van der Waals surface area contributed by atoms with Crippen molar-refractivity contribution in [1.82, 2.24) is 0 Å². The lowest BCUT2D eigenvalue weighted by Crippen LogP contribution is -2.30. The summed E-state index contributed by atoms with van der Waals surface area (Å²) in [5.74, 6) is -1.24. The van der Waals surface area contributed by atoms with Gasteiger partial charge in [-0.3, -0.25) is 4.79 Å². The van der Waals surface area contributed by atoms with Crippen molar-refractivity contribution in [3.05, 3.63) is 28.0 Å². The van der Waals surface area contributed by atoms with Gasteiger partial charge in [-0.1, -0.05) is 23.2 Å². The summed E-state index contributed by atoms with van der Waals surface area (Å²) in [4.78, 5) is 11.4. The van der Waals surface area contributed by atoms with Crippen LogP contribution in [-0.4, -0.2) is 19.1 Å². The number of hydrogen-bond acceptors (Lipinski definition) is 3. The number of anilines is 1. The molecule has 18 heavy (non-hydrogen) atoms. The second kappa shape index (κ2) is 6.25. The van der Waals surface area contributed by atoms with Crippen molar-refractivity contribution < 1.29 is 13.9 Å². The fraction of sp³-hybridized carbons (Fsp3) is 0.417. The first kappa shape index (κ1) is 15.1. The zero-order chi connectivity index (χ0) is 13.9. The first-order valence-electron chi connectivity index (χ1n) is 5.35. The average molecular weight is 294 g/mol. The molecule has 0 aliphatic carbocycles. The highest BCUT2D eigenvalue weighted by atomic mass is 35.5. The Labute approximate surface area is 115 Å². The Kier molecular flexibility index (Phi) is 5.23. The van der Waals surface area contributed by atoms with Crippen LogP contribution in [0.3, 0.4) is 0 Å². The van der Waals surface area contributed by atoms with Gasteiger partial charge in [0, 0.05) is 6.04 Å². The third-order valence-corrected chi connectivity index (χ3v) is 3.30. The Morgan fingerprint density at radius 3 is 2.28 bits per heavy atom. The van der Waals surface area contributed by atoms with Crippen LogP contribution in [0.1, 0.15) is 13.8 Å². The summed E-state index contributed by atoms with van der Waals surface area (Å²) in [5, 5.41) is 3.33. The number of hydrogen-bond donors (Lipinski definition) is 1. The van der Waals surface area contributed by atoms with E-state index in [0.29, 0.717) is 5.69 Å². The van der Waals surface area contributed by atoms with Gasteiger partial charge in [0.25, 0.3) is 0 Å². The Morgan fingerprint density at radius 2 is 1.83 bits per heavy atom. The van der Waals surface area contributed by atoms with Crippen LogP contribution in [0.4, 0.5) is 10.1 Å². The summed E-state index contributed by atoms with van der Waals surface area (Å²) in [6.07, 6.45) is 0. The Morgan fingerprint density at radius 1 is 1.33 bits per heavy atom. The molecule has 0 amide bonds. The molecule has 1 aromatic carbocycles. The number of rotatable bonds is 4. The molecule has 0 aliphatic rings. The highest BCUT2D eigenvalue weighted by Crippen LogP contribution is 2.32. The number of nitrogens with one attached hydrogen (secondary N) is 1. The van der Waals surface area contributed by atoms with Crippen molar-refractivity contribution >= 4 is 34.9 Å². The van der Waals surface area contributed by atoms with Crippen LogP contribution in [0.25, 0.3) is 0 Å². The van der Waals surface area contributed by atoms with E-state index in [1.165, 1.54) is 7.11 Å². The van der Waals surface area contributed by atoms with E-state index in [2.05, 4.69) is 10.1 Å². The molecule has 2 unspecified atom stereocenters.